The van der Waals surface area contributed by atoms with Crippen LogP contribution in [0.2, 0.25) is 0 Å². The van der Waals surface area contributed by atoms with Crippen LogP contribution in [0, 0.1) is 5.82 Å². The largest absolute Gasteiger partial charge is 0.497 e. The molecule has 0 fully saturated rings. The number of benzene rings is 2. The van der Waals surface area contributed by atoms with Gasteiger partial charge in [0.15, 0.2) is 0 Å². The van der Waals surface area contributed by atoms with Gasteiger partial charge in [-0.25, -0.2) is 4.39 Å². The monoisotopic (exact) mass is 325 g/mol. The highest BCUT2D eigenvalue weighted by Gasteiger charge is 2.06. The van der Waals surface area contributed by atoms with E-state index in [1.807, 2.05) is 0 Å². The summed E-state index contributed by atoms with van der Waals surface area (Å²) < 4.78 is 24.8. The van der Waals surface area contributed by atoms with Crippen LogP contribution in [0.1, 0.15) is 5.56 Å². The third kappa shape index (κ3) is 3.45. The van der Waals surface area contributed by atoms with Gasteiger partial charge >= 0.3 is 0 Å². The molecule has 2 aromatic rings. The first-order valence-corrected chi connectivity index (χ1v) is 6.42. The number of nitrogens with two attached hydrogens (primary N) is 1. The molecule has 0 saturated carbocycles. The van der Waals surface area contributed by atoms with Crippen LogP contribution in [-0.4, -0.2) is 7.11 Å². The van der Waals surface area contributed by atoms with Crippen molar-refractivity contribution in [3.63, 3.8) is 0 Å². The van der Waals surface area contributed by atoms with Gasteiger partial charge in [0.25, 0.3) is 0 Å². The minimum Gasteiger partial charge on any atom is -0.497 e. The molecule has 5 heteroatoms. The first-order valence-electron chi connectivity index (χ1n) is 5.63. The lowest BCUT2D eigenvalue weighted by Crippen LogP contribution is -1.97. The summed E-state index contributed by atoms with van der Waals surface area (Å²) in [5.74, 6) is 1.32. The zero-order valence-corrected chi connectivity index (χ0v) is 11.9. The second-order valence-electron chi connectivity index (χ2n) is 3.90. The average Bonchev–Trinajstić information content (AvgIpc) is 2.40. The highest BCUT2D eigenvalue weighted by molar-refractivity contribution is 9.10. The second-order valence-corrected chi connectivity index (χ2v) is 4.75. The van der Waals surface area contributed by atoms with Crippen molar-refractivity contribution in [2.24, 2.45) is 5.73 Å². The van der Waals surface area contributed by atoms with Crippen LogP contribution in [0.4, 0.5) is 4.39 Å². The summed E-state index contributed by atoms with van der Waals surface area (Å²) in [7, 11) is 1.59. The van der Waals surface area contributed by atoms with Gasteiger partial charge < -0.3 is 15.2 Å². The molecule has 2 aromatic carbocycles. The zero-order valence-electron chi connectivity index (χ0n) is 10.3. The van der Waals surface area contributed by atoms with Crippen molar-refractivity contribution in [2.45, 2.75) is 6.54 Å². The topological polar surface area (TPSA) is 44.5 Å². The number of halogens is 2. The van der Waals surface area contributed by atoms with Crippen molar-refractivity contribution in [2.75, 3.05) is 7.11 Å². The minimum atomic E-state index is -0.373. The maximum absolute atomic E-state index is 13.4. The summed E-state index contributed by atoms with van der Waals surface area (Å²) in [6, 6.07) is 9.70. The minimum absolute atomic E-state index is 0.262. The van der Waals surface area contributed by atoms with E-state index in [2.05, 4.69) is 15.9 Å². The average molecular weight is 326 g/mol. The van der Waals surface area contributed by atoms with E-state index in [-0.39, 0.29) is 12.4 Å². The molecule has 0 heterocycles. The quantitative estimate of drug-likeness (QED) is 0.928. The smallest absolute Gasteiger partial charge is 0.141 e. The van der Waals surface area contributed by atoms with E-state index >= 15 is 0 Å². The van der Waals surface area contributed by atoms with Crippen LogP contribution < -0.4 is 15.2 Å². The zero-order chi connectivity index (χ0) is 13.8. The van der Waals surface area contributed by atoms with Gasteiger partial charge in [0, 0.05) is 12.6 Å². The summed E-state index contributed by atoms with van der Waals surface area (Å²) in [5, 5.41) is 0. The van der Waals surface area contributed by atoms with Gasteiger partial charge in [-0.15, -0.1) is 0 Å². The molecule has 0 amide bonds. The Labute approximate surface area is 119 Å². The summed E-state index contributed by atoms with van der Waals surface area (Å²) in [4.78, 5) is 0. The lowest BCUT2D eigenvalue weighted by atomic mass is 10.2. The van der Waals surface area contributed by atoms with Gasteiger partial charge in [-0.3, -0.25) is 0 Å². The van der Waals surface area contributed by atoms with Gasteiger partial charge in [0.1, 0.15) is 23.1 Å². The van der Waals surface area contributed by atoms with Crippen LogP contribution in [0.5, 0.6) is 17.2 Å². The van der Waals surface area contributed by atoms with E-state index in [1.54, 1.807) is 31.4 Å². The molecule has 0 unspecified atom stereocenters. The molecule has 0 atom stereocenters. The predicted molar refractivity (Wildman–Crippen MR) is 75.1 cm³/mol. The molecule has 0 spiro atoms. The number of rotatable bonds is 4. The normalized spacial score (nSPS) is 10.3. The first kappa shape index (κ1) is 13.8. The molecule has 0 saturated heterocycles. The SMILES string of the molecule is COc1ccc(Oc2cc(F)cc(CN)c2)c(Br)c1. The van der Waals surface area contributed by atoms with E-state index in [1.165, 1.54) is 12.1 Å². The van der Waals surface area contributed by atoms with Gasteiger partial charge in [-0.2, -0.15) is 0 Å². The van der Waals surface area contributed by atoms with Crippen molar-refractivity contribution in [3.8, 4) is 17.2 Å². The Morgan fingerprint density at radius 3 is 2.58 bits per heavy atom. The van der Waals surface area contributed by atoms with Crippen LogP contribution in [-0.2, 0) is 6.54 Å². The molecule has 19 heavy (non-hydrogen) atoms. The third-order valence-corrected chi connectivity index (χ3v) is 3.15. The maximum Gasteiger partial charge on any atom is 0.141 e. The molecule has 0 aromatic heterocycles. The van der Waals surface area contributed by atoms with Crippen LogP contribution >= 0.6 is 15.9 Å². The summed E-state index contributed by atoms with van der Waals surface area (Å²) >= 11 is 3.38. The van der Waals surface area contributed by atoms with Crippen molar-refractivity contribution < 1.29 is 13.9 Å². The fourth-order valence-corrected chi connectivity index (χ4v) is 2.05. The number of ether oxygens (including phenoxy) is 2. The molecule has 0 radical (unpaired) electrons. The maximum atomic E-state index is 13.4. The molecule has 0 aliphatic heterocycles. The highest BCUT2D eigenvalue weighted by Crippen LogP contribution is 2.33. The van der Waals surface area contributed by atoms with Crippen molar-refractivity contribution >= 4 is 15.9 Å². The molecule has 0 aliphatic carbocycles. The lowest BCUT2D eigenvalue weighted by molar-refractivity contribution is 0.412. The second kappa shape index (κ2) is 6.04. The van der Waals surface area contributed by atoms with Crippen LogP contribution in [0.3, 0.4) is 0 Å². The molecule has 100 valence electrons. The Bertz CT molecular complexity index is 590. The predicted octanol–water partition coefficient (Wildman–Crippen LogP) is 3.85. The molecule has 0 bridgehead atoms. The Hall–Kier alpha value is -1.59. The first-order chi connectivity index (χ1) is 9.12. The van der Waals surface area contributed by atoms with E-state index in [4.69, 9.17) is 15.2 Å². The van der Waals surface area contributed by atoms with Gasteiger partial charge in [0.05, 0.1) is 11.6 Å². The number of hydrogen-bond donors (Lipinski definition) is 1. The van der Waals surface area contributed by atoms with Crippen molar-refractivity contribution in [1.29, 1.82) is 0 Å². The lowest BCUT2D eigenvalue weighted by Gasteiger charge is -2.10. The van der Waals surface area contributed by atoms with E-state index in [0.717, 1.165) is 4.47 Å². The van der Waals surface area contributed by atoms with Gasteiger partial charge in [0.2, 0.25) is 0 Å². The molecular weight excluding hydrogens is 313 g/mol. The molecule has 2 N–H and O–H groups in total. The standard InChI is InChI=1S/C14H13BrFNO2/c1-18-11-2-3-14(13(15)7-11)19-12-5-9(8-17)4-10(16)6-12/h2-7H,8,17H2,1H3. The molecule has 2 rings (SSSR count). The summed E-state index contributed by atoms with van der Waals surface area (Å²) in [6.07, 6.45) is 0. The van der Waals surface area contributed by atoms with E-state index in [9.17, 15) is 4.39 Å². The highest BCUT2D eigenvalue weighted by atomic mass is 79.9. The van der Waals surface area contributed by atoms with Crippen LogP contribution in [0.25, 0.3) is 0 Å². The fraction of sp³-hybridized carbons (Fsp3) is 0.143. The Morgan fingerprint density at radius 2 is 1.95 bits per heavy atom. The van der Waals surface area contributed by atoms with Gasteiger partial charge in [-0.05, 0) is 51.8 Å². The van der Waals surface area contributed by atoms with Gasteiger partial charge in [-0.1, -0.05) is 0 Å². The fourth-order valence-electron chi connectivity index (χ4n) is 1.62. The Balaban J connectivity index is 2.28. The molecular formula is C14H13BrFNO2. The third-order valence-electron chi connectivity index (χ3n) is 2.53. The van der Waals surface area contributed by atoms with Crippen molar-refractivity contribution in [1.82, 2.24) is 0 Å². The Kier molecular flexibility index (Phi) is 4.39. The van der Waals surface area contributed by atoms with E-state index in [0.29, 0.717) is 22.8 Å². The van der Waals surface area contributed by atoms with Crippen LogP contribution in [0.15, 0.2) is 40.9 Å². The number of hydrogen-bond acceptors (Lipinski definition) is 3. The molecule has 3 nitrogen and oxygen atoms in total. The van der Waals surface area contributed by atoms with Crippen molar-refractivity contribution in [3.05, 3.63) is 52.3 Å². The van der Waals surface area contributed by atoms with E-state index < -0.39 is 0 Å². The Morgan fingerprint density at radius 1 is 1.16 bits per heavy atom. The molecule has 0 aliphatic rings. The number of methoxy groups -OCH3 is 1. The summed E-state index contributed by atoms with van der Waals surface area (Å²) in [6.45, 7) is 0.262. The summed E-state index contributed by atoms with van der Waals surface area (Å²) in [5.41, 5.74) is 6.18.